The molecule has 1 heterocycles. The Hall–Kier alpha value is -2.31. The van der Waals surface area contributed by atoms with Gasteiger partial charge in [0.1, 0.15) is 17.2 Å². The zero-order valence-electron chi connectivity index (χ0n) is 12.6. The van der Waals surface area contributed by atoms with E-state index >= 15 is 0 Å². The molecule has 0 aliphatic rings. The van der Waals surface area contributed by atoms with Crippen LogP contribution in [0.5, 0.6) is 0 Å². The second-order valence-corrected chi connectivity index (χ2v) is 4.50. The van der Waals surface area contributed by atoms with Crippen molar-refractivity contribution in [2.24, 2.45) is 0 Å². The van der Waals surface area contributed by atoms with Crippen molar-refractivity contribution in [3.05, 3.63) is 17.2 Å². The highest BCUT2D eigenvalue weighted by Crippen LogP contribution is 2.26. The number of rotatable bonds is 4. The minimum Gasteiger partial charge on any atom is -0.465 e. The van der Waals surface area contributed by atoms with Gasteiger partial charge in [0.15, 0.2) is 0 Å². The standard InChI is InChI=1S/C13H19N3O4/c1-15(2)9-7-8(12(17)19-5)10(13(18)20-6)11(14-9)16(3)4/h7H,1-6H3. The number of carbonyl (C=O) groups excluding carboxylic acids is 2. The van der Waals surface area contributed by atoms with E-state index in [-0.39, 0.29) is 11.1 Å². The lowest BCUT2D eigenvalue weighted by atomic mass is 10.1. The van der Waals surface area contributed by atoms with Crippen molar-refractivity contribution < 1.29 is 19.1 Å². The first kappa shape index (κ1) is 15.7. The van der Waals surface area contributed by atoms with Crippen LogP contribution in [0.25, 0.3) is 0 Å². The van der Waals surface area contributed by atoms with Crippen LogP contribution in [0.1, 0.15) is 20.7 Å². The maximum absolute atomic E-state index is 12.0. The van der Waals surface area contributed by atoms with E-state index in [1.165, 1.54) is 20.3 Å². The number of methoxy groups -OCH3 is 2. The summed E-state index contributed by atoms with van der Waals surface area (Å²) >= 11 is 0. The Bertz CT molecular complexity index is 527. The smallest absolute Gasteiger partial charge is 0.342 e. The van der Waals surface area contributed by atoms with Crippen LogP contribution >= 0.6 is 0 Å². The summed E-state index contributed by atoms with van der Waals surface area (Å²) in [4.78, 5) is 31.6. The van der Waals surface area contributed by atoms with Crippen molar-refractivity contribution in [1.82, 2.24) is 4.98 Å². The minimum absolute atomic E-state index is 0.0925. The molecular formula is C13H19N3O4. The Kier molecular flexibility index (Phi) is 4.90. The fourth-order valence-electron chi connectivity index (χ4n) is 1.65. The Morgan fingerprint density at radius 1 is 1.00 bits per heavy atom. The van der Waals surface area contributed by atoms with Crippen molar-refractivity contribution in [2.75, 3.05) is 52.2 Å². The maximum atomic E-state index is 12.0. The quantitative estimate of drug-likeness (QED) is 0.755. The molecule has 1 aromatic rings. The van der Waals surface area contributed by atoms with E-state index < -0.39 is 11.9 Å². The summed E-state index contributed by atoms with van der Waals surface area (Å²) in [5.74, 6) is -0.351. The predicted octanol–water partition coefficient (Wildman–Crippen LogP) is 0.787. The molecule has 0 bridgehead atoms. The van der Waals surface area contributed by atoms with Crippen molar-refractivity contribution in [3.8, 4) is 0 Å². The van der Waals surface area contributed by atoms with Crippen LogP contribution in [0.3, 0.4) is 0 Å². The van der Waals surface area contributed by atoms with Gasteiger partial charge in [-0.3, -0.25) is 0 Å². The third kappa shape index (κ3) is 2.98. The predicted molar refractivity (Wildman–Crippen MR) is 75.6 cm³/mol. The van der Waals surface area contributed by atoms with Crippen LogP contribution in [0.4, 0.5) is 11.6 Å². The van der Waals surface area contributed by atoms with Crippen LogP contribution in [-0.4, -0.2) is 59.3 Å². The summed E-state index contributed by atoms with van der Waals surface area (Å²) in [5.41, 5.74) is 0.219. The first-order valence-electron chi connectivity index (χ1n) is 5.89. The van der Waals surface area contributed by atoms with E-state index in [2.05, 4.69) is 4.98 Å². The van der Waals surface area contributed by atoms with Crippen LogP contribution in [0, 0.1) is 0 Å². The average Bonchev–Trinajstić information content (AvgIpc) is 2.43. The lowest BCUT2D eigenvalue weighted by molar-refractivity contribution is 0.0555. The molecule has 7 nitrogen and oxygen atoms in total. The van der Waals surface area contributed by atoms with E-state index in [1.54, 1.807) is 38.0 Å². The lowest BCUT2D eigenvalue weighted by Gasteiger charge is -2.21. The van der Waals surface area contributed by atoms with Crippen LogP contribution in [0.15, 0.2) is 6.07 Å². The van der Waals surface area contributed by atoms with E-state index in [0.29, 0.717) is 11.6 Å². The van der Waals surface area contributed by atoms with Crippen molar-refractivity contribution >= 4 is 23.6 Å². The SMILES string of the molecule is COC(=O)c1cc(N(C)C)nc(N(C)C)c1C(=O)OC. The molecule has 1 rings (SSSR count). The largest absolute Gasteiger partial charge is 0.465 e. The maximum Gasteiger partial charge on any atom is 0.342 e. The number of hydrogen-bond acceptors (Lipinski definition) is 7. The summed E-state index contributed by atoms with van der Waals surface area (Å²) in [5, 5.41) is 0. The van der Waals surface area contributed by atoms with Gasteiger partial charge in [-0.25, -0.2) is 14.6 Å². The number of ether oxygens (including phenoxy) is 2. The Balaban J connectivity index is 3.66. The summed E-state index contributed by atoms with van der Waals surface area (Å²) < 4.78 is 9.47. The van der Waals surface area contributed by atoms with Gasteiger partial charge in [0, 0.05) is 28.2 Å². The molecule has 110 valence electrons. The van der Waals surface area contributed by atoms with E-state index in [9.17, 15) is 9.59 Å². The average molecular weight is 281 g/mol. The van der Waals surface area contributed by atoms with Gasteiger partial charge < -0.3 is 19.3 Å². The summed E-state index contributed by atoms with van der Waals surface area (Å²) in [7, 11) is 9.56. The Morgan fingerprint density at radius 2 is 1.55 bits per heavy atom. The van der Waals surface area contributed by atoms with Gasteiger partial charge in [-0.05, 0) is 6.07 Å². The van der Waals surface area contributed by atoms with Crippen molar-refractivity contribution in [1.29, 1.82) is 0 Å². The van der Waals surface area contributed by atoms with Gasteiger partial charge in [-0.15, -0.1) is 0 Å². The first-order chi connectivity index (χ1) is 9.33. The van der Waals surface area contributed by atoms with E-state index in [1.807, 2.05) is 0 Å². The third-order valence-corrected chi connectivity index (χ3v) is 2.66. The van der Waals surface area contributed by atoms with Crippen molar-refractivity contribution in [2.45, 2.75) is 0 Å². The second kappa shape index (κ2) is 6.23. The molecule has 0 unspecified atom stereocenters. The van der Waals surface area contributed by atoms with Crippen molar-refractivity contribution in [3.63, 3.8) is 0 Å². The number of hydrogen-bond donors (Lipinski definition) is 0. The van der Waals surface area contributed by atoms with Gasteiger partial charge in [0.05, 0.1) is 19.8 Å². The minimum atomic E-state index is -0.632. The molecule has 0 aromatic carbocycles. The molecule has 20 heavy (non-hydrogen) atoms. The van der Waals surface area contributed by atoms with Crippen LogP contribution in [0.2, 0.25) is 0 Å². The van der Waals surface area contributed by atoms with Gasteiger partial charge >= 0.3 is 11.9 Å². The second-order valence-electron chi connectivity index (χ2n) is 4.50. The molecule has 0 atom stereocenters. The number of nitrogens with zero attached hydrogens (tertiary/aromatic N) is 3. The molecule has 0 saturated heterocycles. The van der Waals surface area contributed by atoms with E-state index in [4.69, 9.17) is 9.47 Å². The summed E-state index contributed by atoms with van der Waals surface area (Å²) in [6.45, 7) is 0. The van der Waals surface area contributed by atoms with Gasteiger partial charge in [-0.2, -0.15) is 0 Å². The molecule has 0 aliphatic heterocycles. The molecule has 0 amide bonds. The highest BCUT2D eigenvalue weighted by Gasteiger charge is 2.26. The normalized spacial score (nSPS) is 9.90. The molecule has 0 spiro atoms. The third-order valence-electron chi connectivity index (χ3n) is 2.66. The zero-order valence-corrected chi connectivity index (χ0v) is 12.6. The molecule has 0 N–H and O–H groups in total. The van der Waals surface area contributed by atoms with Gasteiger partial charge in [0.2, 0.25) is 0 Å². The molecule has 1 aromatic heterocycles. The Morgan fingerprint density at radius 3 is 1.95 bits per heavy atom. The molecule has 0 aliphatic carbocycles. The first-order valence-corrected chi connectivity index (χ1v) is 5.89. The molecule has 0 saturated carbocycles. The summed E-state index contributed by atoms with van der Waals surface area (Å²) in [6.07, 6.45) is 0. The fraction of sp³-hybridized carbons (Fsp3) is 0.462. The lowest BCUT2D eigenvalue weighted by Crippen LogP contribution is -2.23. The topological polar surface area (TPSA) is 72.0 Å². The van der Waals surface area contributed by atoms with Gasteiger partial charge in [0.25, 0.3) is 0 Å². The monoisotopic (exact) mass is 281 g/mol. The van der Waals surface area contributed by atoms with Crippen LogP contribution < -0.4 is 9.80 Å². The summed E-state index contributed by atoms with van der Waals surface area (Å²) in [6, 6.07) is 1.51. The number of esters is 2. The zero-order chi connectivity index (χ0) is 15.4. The van der Waals surface area contributed by atoms with Gasteiger partial charge in [-0.1, -0.05) is 0 Å². The number of carbonyl (C=O) groups is 2. The molecule has 0 radical (unpaired) electrons. The Labute approximate surface area is 118 Å². The highest BCUT2D eigenvalue weighted by molar-refractivity contribution is 6.07. The van der Waals surface area contributed by atoms with E-state index in [0.717, 1.165) is 0 Å². The fourth-order valence-corrected chi connectivity index (χ4v) is 1.65. The van der Waals surface area contributed by atoms with Crippen LogP contribution in [-0.2, 0) is 9.47 Å². The number of aromatic nitrogens is 1. The molecular weight excluding hydrogens is 262 g/mol. The molecule has 7 heteroatoms. The highest BCUT2D eigenvalue weighted by atomic mass is 16.5. The number of anilines is 2. The molecule has 0 fully saturated rings. The number of pyridine rings is 1.